The number of hydroxylamine groups is 1. The van der Waals surface area contributed by atoms with Gasteiger partial charge in [-0.05, 0) is 12.8 Å². The van der Waals surface area contributed by atoms with E-state index in [4.69, 9.17) is 4.84 Å². The van der Waals surface area contributed by atoms with Gasteiger partial charge in [0.1, 0.15) is 0 Å². The molecule has 0 aromatic heterocycles. The Kier molecular flexibility index (Phi) is 3.40. The molecule has 0 heterocycles. The summed E-state index contributed by atoms with van der Waals surface area (Å²) in [6.45, 7) is 0. The highest BCUT2D eigenvalue weighted by Crippen LogP contribution is 2.19. The Hall–Kier alpha value is -0.710. The molecule has 1 aliphatic rings. The fourth-order valence-corrected chi connectivity index (χ4v) is 1.19. The summed E-state index contributed by atoms with van der Waals surface area (Å²) in [4.78, 5) is 15.1. The van der Waals surface area contributed by atoms with Crippen LogP contribution in [-0.4, -0.2) is 18.4 Å². The van der Waals surface area contributed by atoms with E-state index in [0.717, 1.165) is 25.7 Å². The maximum absolute atomic E-state index is 11.6. The number of nitrogens with one attached hydrogen (secondary N) is 1. The minimum Gasteiger partial charge on any atom is -0.270 e. The monoisotopic (exact) mass is 179 g/mol. The lowest BCUT2D eigenvalue weighted by atomic mass is 10.3. The molecule has 70 valence electrons. The Morgan fingerprint density at radius 1 is 1.42 bits per heavy atom. The molecule has 0 unspecified atom stereocenters. The van der Waals surface area contributed by atoms with Crippen molar-refractivity contribution in [3.05, 3.63) is 0 Å². The predicted molar refractivity (Wildman–Crippen MR) is 37.5 cm³/mol. The van der Waals surface area contributed by atoms with Gasteiger partial charge in [-0.25, -0.2) is 5.48 Å². The molecule has 0 bridgehead atoms. The molecule has 1 amide bonds. The topological polar surface area (TPSA) is 38.3 Å². The molecule has 0 radical (unpaired) electrons. The van der Waals surface area contributed by atoms with Crippen molar-refractivity contribution in [2.75, 3.05) is 0 Å². The van der Waals surface area contributed by atoms with E-state index in [2.05, 4.69) is 0 Å². The summed E-state index contributed by atoms with van der Waals surface area (Å²) >= 11 is 0. The van der Waals surface area contributed by atoms with Crippen LogP contribution in [-0.2, 0) is 9.63 Å². The third kappa shape index (κ3) is 2.73. The van der Waals surface area contributed by atoms with E-state index in [1.165, 1.54) is 0 Å². The van der Waals surface area contributed by atoms with Crippen LogP contribution in [0.5, 0.6) is 0 Å². The maximum Gasteiger partial charge on any atom is 0.317 e. The first-order chi connectivity index (χ1) is 5.70. The molecule has 1 aliphatic carbocycles. The average Bonchev–Trinajstić information content (AvgIpc) is 2.51. The zero-order chi connectivity index (χ0) is 8.97. The molecule has 1 N–H and O–H groups in total. The molecule has 0 spiro atoms. The molecule has 0 saturated heterocycles. The van der Waals surface area contributed by atoms with Crippen LogP contribution in [0.1, 0.15) is 25.7 Å². The molecule has 0 aromatic carbocycles. The van der Waals surface area contributed by atoms with Crippen LogP contribution in [0.25, 0.3) is 0 Å². The summed E-state index contributed by atoms with van der Waals surface area (Å²) in [6.07, 6.45) is 0.677. The van der Waals surface area contributed by atoms with Gasteiger partial charge in [-0.15, -0.1) is 0 Å². The van der Waals surface area contributed by atoms with E-state index < -0.39 is 12.3 Å². The van der Waals surface area contributed by atoms with Gasteiger partial charge in [0, 0.05) is 0 Å². The van der Waals surface area contributed by atoms with E-state index in [0.29, 0.717) is 0 Å². The summed E-state index contributed by atoms with van der Waals surface area (Å²) in [5.74, 6) is -1.36. The Morgan fingerprint density at radius 3 is 2.50 bits per heavy atom. The molecular formula is C7H11F2NO2. The molecule has 0 atom stereocenters. The van der Waals surface area contributed by atoms with Crippen molar-refractivity contribution in [1.82, 2.24) is 5.48 Å². The zero-order valence-corrected chi connectivity index (χ0v) is 6.56. The van der Waals surface area contributed by atoms with Crippen molar-refractivity contribution in [3.63, 3.8) is 0 Å². The fraction of sp³-hybridized carbons (Fsp3) is 0.857. The second-order valence-electron chi connectivity index (χ2n) is 2.79. The van der Waals surface area contributed by atoms with Crippen molar-refractivity contribution in [2.24, 2.45) is 0 Å². The van der Waals surface area contributed by atoms with Gasteiger partial charge in [-0.3, -0.25) is 9.63 Å². The van der Waals surface area contributed by atoms with E-state index in [9.17, 15) is 13.6 Å². The Labute approximate surface area is 69.0 Å². The van der Waals surface area contributed by atoms with Gasteiger partial charge >= 0.3 is 12.3 Å². The minimum absolute atomic E-state index is 0.0762. The highest BCUT2D eigenvalue weighted by atomic mass is 19.3. The van der Waals surface area contributed by atoms with Crippen LogP contribution < -0.4 is 5.48 Å². The smallest absolute Gasteiger partial charge is 0.270 e. The lowest BCUT2D eigenvalue weighted by Crippen LogP contribution is -2.32. The lowest BCUT2D eigenvalue weighted by Gasteiger charge is -2.10. The first-order valence-electron chi connectivity index (χ1n) is 3.94. The molecule has 5 heteroatoms. The highest BCUT2D eigenvalue weighted by molar-refractivity contribution is 5.77. The largest absolute Gasteiger partial charge is 0.317 e. The summed E-state index contributed by atoms with van der Waals surface area (Å²) < 4.78 is 23.2. The van der Waals surface area contributed by atoms with E-state index in [-0.39, 0.29) is 6.10 Å². The number of amides is 1. The van der Waals surface area contributed by atoms with Crippen LogP contribution >= 0.6 is 0 Å². The first kappa shape index (κ1) is 9.38. The van der Waals surface area contributed by atoms with Crippen LogP contribution in [0, 0.1) is 0 Å². The fourth-order valence-electron chi connectivity index (χ4n) is 1.19. The number of carbonyl (C=O) groups is 1. The second-order valence-corrected chi connectivity index (χ2v) is 2.79. The molecule has 1 saturated carbocycles. The van der Waals surface area contributed by atoms with Crippen LogP contribution in [0.2, 0.25) is 0 Å². The summed E-state index contributed by atoms with van der Waals surface area (Å²) in [5, 5.41) is 0. The number of carbonyl (C=O) groups excluding carboxylic acids is 1. The van der Waals surface area contributed by atoms with Gasteiger partial charge in [-0.2, -0.15) is 8.78 Å². The molecule has 3 nitrogen and oxygen atoms in total. The zero-order valence-electron chi connectivity index (χ0n) is 6.56. The van der Waals surface area contributed by atoms with Gasteiger partial charge in [-0.1, -0.05) is 12.8 Å². The number of hydrogen-bond donors (Lipinski definition) is 1. The standard InChI is InChI=1S/C7H11F2NO2/c8-6(9)7(11)10-12-5-3-1-2-4-5/h5-6H,1-4H2,(H,10,11). The number of alkyl halides is 2. The van der Waals surface area contributed by atoms with Gasteiger partial charge in [0.25, 0.3) is 0 Å². The van der Waals surface area contributed by atoms with E-state index in [1.54, 1.807) is 5.48 Å². The van der Waals surface area contributed by atoms with Crippen molar-refractivity contribution in [2.45, 2.75) is 38.2 Å². The molecule has 0 aromatic rings. The quantitative estimate of drug-likeness (QED) is 0.662. The average molecular weight is 179 g/mol. The summed E-state index contributed by atoms with van der Waals surface area (Å²) in [7, 11) is 0. The normalized spacial score (nSPS) is 18.6. The maximum atomic E-state index is 11.6. The molecular weight excluding hydrogens is 168 g/mol. The van der Waals surface area contributed by atoms with E-state index in [1.807, 2.05) is 0 Å². The second kappa shape index (κ2) is 4.35. The molecule has 0 aliphatic heterocycles. The number of hydrogen-bond acceptors (Lipinski definition) is 2. The van der Waals surface area contributed by atoms with E-state index >= 15 is 0 Å². The number of halogens is 2. The predicted octanol–water partition coefficient (Wildman–Crippen LogP) is 1.24. The van der Waals surface area contributed by atoms with Crippen LogP contribution in [0.15, 0.2) is 0 Å². The van der Waals surface area contributed by atoms with Crippen molar-refractivity contribution < 1.29 is 18.4 Å². The highest BCUT2D eigenvalue weighted by Gasteiger charge is 2.20. The molecule has 1 fully saturated rings. The van der Waals surface area contributed by atoms with Gasteiger partial charge in [0.2, 0.25) is 0 Å². The SMILES string of the molecule is O=C(NOC1CCCC1)C(F)F. The van der Waals surface area contributed by atoms with Crippen molar-refractivity contribution >= 4 is 5.91 Å². The van der Waals surface area contributed by atoms with Crippen LogP contribution in [0.3, 0.4) is 0 Å². The minimum atomic E-state index is -2.99. The first-order valence-corrected chi connectivity index (χ1v) is 3.94. The lowest BCUT2D eigenvalue weighted by molar-refractivity contribution is -0.149. The van der Waals surface area contributed by atoms with Crippen molar-refractivity contribution in [1.29, 1.82) is 0 Å². The Morgan fingerprint density at radius 2 is 2.00 bits per heavy atom. The van der Waals surface area contributed by atoms with Gasteiger partial charge in [0.15, 0.2) is 0 Å². The Bertz CT molecular complexity index is 157. The molecule has 1 rings (SSSR count). The summed E-state index contributed by atoms with van der Waals surface area (Å²) in [5.41, 5.74) is 1.74. The Balaban J connectivity index is 2.12. The van der Waals surface area contributed by atoms with Gasteiger partial charge in [0.05, 0.1) is 6.10 Å². The number of rotatable bonds is 3. The molecule has 12 heavy (non-hydrogen) atoms. The third-order valence-electron chi connectivity index (χ3n) is 1.83. The summed E-state index contributed by atoms with van der Waals surface area (Å²) in [6, 6.07) is 0. The third-order valence-corrected chi connectivity index (χ3v) is 1.83. The van der Waals surface area contributed by atoms with Gasteiger partial charge < -0.3 is 0 Å². The van der Waals surface area contributed by atoms with Crippen LogP contribution in [0.4, 0.5) is 8.78 Å². The van der Waals surface area contributed by atoms with Crippen molar-refractivity contribution in [3.8, 4) is 0 Å².